The number of piperidine rings is 1. The Morgan fingerprint density at radius 2 is 1.64 bits per heavy atom. The fourth-order valence-electron chi connectivity index (χ4n) is 6.90. The van der Waals surface area contributed by atoms with Crippen LogP contribution in [0.15, 0.2) is 66.7 Å². The summed E-state index contributed by atoms with van der Waals surface area (Å²) in [6.45, 7) is 4.32. The number of aromatic amines is 1. The fraction of sp³-hybridized carbons (Fsp3) is 0.405. The van der Waals surface area contributed by atoms with E-state index in [2.05, 4.69) is 41.9 Å². The number of carbonyl (C=O) groups excluding carboxylic acids is 3. The van der Waals surface area contributed by atoms with Crippen LogP contribution in [0, 0.1) is 18.8 Å². The molecule has 7 N–H and O–H groups in total. The van der Waals surface area contributed by atoms with Gasteiger partial charge >= 0.3 is 0 Å². The zero-order chi connectivity index (χ0) is 34.2. The van der Waals surface area contributed by atoms with Crippen LogP contribution in [0.2, 0.25) is 0 Å². The molecule has 0 radical (unpaired) electrons. The summed E-state index contributed by atoms with van der Waals surface area (Å²) in [7, 11) is 0. The average Bonchev–Trinajstić information content (AvgIpc) is 3.68. The van der Waals surface area contributed by atoms with Gasteiger partial charge in [-0.3, -0.25) is 14.4 Å². The second-order valence-electron chi connectivity index (χ2n) is 13.2. The number of hydrogen-bond acceptors (Lipinski definition) is 8. The Morgan fingerprint density at radius 1 is 0.920 bits per heavy atom. The van der Waals surface area contributed by atoms with E-state index >= 15 is 0 Å². The number of amides is 3. The Labute approximate surface area is 298 Å². The lowest BCUT2D eigenvalue weighted by atomic mass is 9.81. The average molecular weight is 700 g/mol. The monoisotopic (exact) mass is 699 g/mol. The second-order valence-corrected chi connectivity index (χ2v) is 13.2. The molecule has 0 unspecified atom stereocenters. The van der Waals surface area contributed by atoms with Gasteiger partial charge in [-0.1, -0.05) is 36.4 Å². The van der Waals surface area contributed by atoms with Gasteiger partial charge in [-0.15, -0.1) is 22.6 Å². The number of nitrogens with two attached hydrogens (primary N) is 1. The number of aryl methyl sites for hydroxylation is 1. The molecule has 2 fully saturated rings. The highest BCUT2D eigenvalue weighted by atomic mass is 35.5. The molecule has 2 heterocycles. The Balaban J connectivity index is 0.00000486. The van der Waals surface area contributed by atoms with Gasteiger partial charge < -0.3 is 27.0 Å². The van der Waals surface area contributed by atoms with Gasteiger partial charge in [0, 0.05) is 35.2 Å². The van der Waals surface area contributed by atoms with Gasteiger partial charge in [0.05, 0.1) is 0 Å². The summed E-state index contributed by atoms with van der Waals surface area (Å²) in [4.78, 5) is 41.7. The van der Waals surface area contributed by atoms with Crippen molar-refractivity contribution in [1.82, 2.24) is 36.6 Å². The zero-order valence-corrected chi connectivity index (χ0v) is 29.1. The third-order valence-corrected chi connectivity index (χ3v) is 9.82. The number of hydrogen-bond donors (Lipinski definition) is 6. The first-order chi connectivity index (χ1) is 23.9. The fourth-order valence-corrected chi connectivity index (χ4v) is 6.90. The number of aromatic nitrogens is 4. The van der Waals surface area contributed by atoms with Crippen molar-refractivity contribution in [2.24, 2.45) is 17.6 Å². The van der Waals surface area contributed by atoms with E-state index in [0.717, 1.165) is 73.9 Å². The van der Waals surface area contributed by atoms with Crippen molar-refractivity contribution in [2.75, 3.05) is 25.0 Å². The highest BCUT2D eigenvalue weighted by Crippen LogP contribution is 2.30. The molecule has 1 aliphatic carbocycles. The Morgan fingerprint density at radius 3 is 2.30 bits per heavy atom. The van der Waals surface area contributed by atoms with Crippen LogP contribution in [0.25, 0.3) is 22.5 Å². The van der Waals surface area contributed by atoms with Crippen LogP contribution < -0.4 is 27.0 Å². The van der Waals surface area contributed by atoms with Gasteiger partial charge in [0.1, 0.15) is 6.04 Å². The van der Waals surface area contributed by atoms with E-state index in [0.29, 0.717) is 35.1 Å². The summed E-state index contributed by atoms with van der Waals surface area (Å²) in [5, 5.41) is 26.7. The first-order valence-electron chi connectivity index (χ1n) is 17.2. The number of H-pyrrole nitrogens is 1. The van der Waals surface area contributed by atoms with Crippen molar-refractivity contribution >= 4 is 35.8 Å². The Hall–Kier alpha value is -4.65. The third kappa shape index (κ3) is 9.12. The van der Waals surface area contributed by atoms with Crippen LogP contribution in [-0.4, -0.2) is 70.1 Å². The largest absolute Gasteiger partial charge is 0.349 e. The van der Waals surface area contributed by atoms with E-state index in [-0.39, 0.29) is 48.5 Å². The van der Waals surface area contributed by atoms with Crippen LogP contribution in [0.4, 0.5) is 5.69 Å². The molecule has 0 bridgehead atoms. The summed E-state index contributed by atoms with van der Waals surface area (Å²) in [6.07, 6.45) is 5.07. The molecule has 3 aromatic carbocycles. The van der Waals surface area contributed by atoms with Crippen molar-refractivity contribution in [3.8, 4) is 22.5 Å². The molecule has 50 heavy (non-hydrogen) atoms. The van der Waals surface area contributed by atoms with Gasteiger partial charge in [0.25, 0.3) is 5.91 Å². The molecule has 3 amide bonds. The number of tetrazole rings is 1. The number of benzene rings is 3. The summed E-state index contributed by atoms with van der Waals surface area (Å²) >= 11 is 0. The van der Waals surface area contributed by atoms with Crippen molar-refractivity contribution in [3.63, 3.8) is 0 Å². The minimum absolute atomic E-state index is 0. The van der Waals surface area contributed by atoms with E-state index in [1.54, 1.807) is 24.3 Å². The summed E-state index contributed by atoms with van der Waals surface area (Å²) in [6, 6.07) is 20.1. The molecule has 1 aliphatic heterocycles. The summed E-state index contributed by atoms with van der Waals surface area (Å²) < 4.78 is 0. The molecule has 264 valence electrons. The molecular formula is C37H46ClN9O3. The zero-order valence-electron chi connectivity index (χ0n) is 28.3. The molecule has 1 saturated carbocycles. The van der Waals surface area contributed by atoms with E-state index in [1.807, 2.05) is 49.4 Å². The molecular weight excluding hydrogens is 654 g/mol. The smallest absolute Gasteiger partial charge is 0.251 e. The number of halogens is 1. The first kappa shape index (κ1) is 36.6. The molecule has 4 aromatic rings. The molecule has 12 nitrogen and oxygen atoms in total. The Bertz CT molecular complexity index is 1720. The van der Waals surface area contributed by atoms with Gasteiger partial charge in [-0.05, 0) is 129 Å². The van der Waals surface area contributed by atoms with Gasteiger partial charge in [0.2, 0.25) is 17.6 Å². The van der Waals surface area contributed by atoms with Crippen LogP contribution in [0.3, 0.4) is 0 Å². The van der Waals surface area contributed by atoms with Crippen LogP contribution in [-0.2, 0) is 16.0 Å². The van der Waals surface area contributed by atoms with E-state index in [4.69, 9.17) is 5.73 Å². The van der Waals surface area contributed by atoms with Crippen molar-refractivity contribution in [2.45, 2.75) is 64.0 Å². The third-order valence-electron chi connectivity index (χ3n) is 9.82. The normalized spacial score (nSPS) is 18.4. The topological polar surface area (TPSA) is 180 Å². The number of anilines is 1. The van der Waals surface area contributed by atoms with Crippen molar-refractivity contribution < 1.29 is 14.4 Å². The van der Waals surface area contributed by atoms with E-state index in [9.17, 15) is 14.4 Å². The molecule has 13 heteroatoms. The minimum atomic E-state index is -0.927. The number of carbonyl (C=O) groups is 3. The Kier molecular flexibility index (Phi) is 12.7. The van der Waals surface area contributed by atoms with Crippen molar-refractivity contribution in [1.29, 1.82) is 0 Å². The summed E-state index contributed by atoms with van der Waals surface area (Å²) in [5.74, 6) is -0.0335. The predicted molar refractivity (Wildman–Crippen MR) is 196 cm³/mol. The lowest BCUT2D eigenvalue weighted by molar-refractivity contribution is -0.130. The molecule has 2 aliphatic rings. The van der Waals surface area contributed by atoms with E-state index < -0.39 is 6.04 Å². The molecule has 1 aromatic heterocycles. The van der Waals surface area contributed by atoms with Crippen LogP contribution >= 0.6 is 12.4 Å². The minimum Gasteiger partial charge on any atom is -0.349 e. The molecule has 0 spiro atoms. The molecule has 1 atom stereocenters. The molecule has 1 saturated heterocycles. The van der Waals surface area contributed by atoms with Crippen LogP contribution in [0.5, 0.6) is 0 Å². The van der Waals surface area contributed by atoms with Gasteiger partial charge in [-0.2, -0.15) is 5.21 Å². The van der Waals surface area contributed by atoms with Crippen LogP contribution in [0.1, 0.15) is 60.0 Å². The quantitative estimate of drug-likeness (QED) is 0.135. The number of nitrogens with one attached hydrogen (secondary N) is 5. The highest BCUT2D eigenvalue weighted by molar-refractivity contribution is 6.00. The number of rotatable bonds is 11. The van der Waals surface area contributed by atoms with Gasteiger partial charge in [-0.25, -0.2) is 0 Å². The lowest BCUT2D eigenvalue weighted by Gasteiger charge is -2.29. The van der Waals surface area contributed by atoms with Gasteiger partial charge in [0.15, 0.2) is 0 Å². The lowest BCUT2D eigenvalue weighted by Crippen LogP contribution is -2.48. The maximum Gasteiger partial charge on any atom is 0.251 e. The first-order valence-corrected chi connectivity index (χ1v) is 17.2. The maximum atomic E-state index is 14.0. The summed E-state index contributed by atoms with van der Waals surface area (Å²) in [5.41, 5.74) is 11.3. The highest BCUT2D eigenvalue weighted by Gasteiger charge is 2.31. The second kappa shape index (κ2) is 17.3. The number of nitrogens with zero attached hydrogens (tertiary/aromatic N) is 3. The standard InChI is InChI=1S/C37H45N9O3.ClH/c1-23-19-28(32(21-31(23)25-5-3-2-4-6-25)36(48)40-30-15-17-39-18-16-30)20-33(42-35(47)27-9-7-24(22-38)8-10-27)37(49)41-29-13-11-26(12-14-29)34-43-45-46-44-34;/h2-6,11-14,19,21,24,27,30,33,39H,7-10,15-18,20,22,38H2,1H3,(H,40,48)(H,41,49)(H,42,47)(H,43,44,45,46);1H/t24?,27?,33-;/m0./s1. The van der Waals surface area contributed by atoms with Crippen molar-refractivity contribution in [3.05, 3.63) is 83.4 Å². The SMILES string of the molecule is Cc1cc(C[C@H](NC(=O)C2CCC(CN)CC2)C(=O)Nc2ccc(-c3nn[nH]n3)cc2)c(C(=O)NC2CCNCC2)cc1-c1ccccc1.Cl. The molecule has 6 rings (SSSR count). The van der Waals surface area contributed by atoms with E-state index in [1.165, 1.54) is 0 Å². The maximum absolute atomic E-state index is 14.0. The predicted octanol–water partition coefficient (Wildman–Crippen LogP) is 4.18.